The molecule has 578 valence electrons. The Morgan fingerprint density at radius 3 is 1.51 bits per heavy atom. The van der Waals surface area contributed by atoms with Crippen molar-refractivity contribution in [3.8, 4) is 0 Å². The van der Waals surface area contributed by atoms with Gasteiger partial charge >= 0.3 is 23.9 Å². The van der Waals surface area contributed by atoms with Crippen LogP contribution in [0.2, 0.25) is 0 Å². The second-order valence-electron chi connectivity index (χ2n) is 25.6. The van der Waals surface area contributed by atoms with Gasteiger partial charge in [0.05, 0.1) is 75.9 Å². The highest BCUT2D eigenvalue weighted by molar-refractivity contribution is 9.10. The Labute approximate surface area is 640 Å². The number of carboxylic acids is 1. The van der Waals surface area contributed by atoms with E-state index in [9.17, 15) is 103 Å². The first-order chi connectivity index (χ1) is 51.2. The maximum absolute atomic E-state index is 14.5. The van der Waals surface area contributed by atoms with Gasteiger partial charge in [0, 0.05) is 137 Å². The zero-order chi connectivity index (χ0) is 79.5. The smallest absolute Gasteiger partial charge is 0.337 e. The summed E-state index contributed by atoms with van der Waals surface area (Å²) in [5.74, 6) is -15.4. The van der Waals surface area contributed by atoms with E-state index in [1.807, 2.05) is 28.8 Å². The van der Waals surface area contributed by atoms with Crippen LogP contribution in [0.15, 0.2) is 161 Å². The summed E-state index contributed by atoms with van der Waals surface area (Å²) in [6.45, 7) is 0.257. The topological polar surface area (TPSA) is 275 Å². The van der Waals surface area contributed by atoms with Crippen LogP contribution in [0.25, 0.3) is 10.9 Å². The van der Waals surface area contributed by atoms with Gasteiger partial charge in [-0.1, -0.05) is 28.1 Å². The molecular weight excluding hydrogens is 1630 g/mol. The molecule has 1 atom stereocenters. The number of Topliss-reactive ketones (excluding diaryl/α,β-unsaturated/α-hetero) is 2. The maximum Gasteiger partial charge on any atom is 0.337 e. The Kier molecular flexibility index (Phi) is 25.5. The zero-order valence-corrected chi connectivity index (χ0v) is 64.2. The summed E-state index contributed by atoms with van der Waals surface area (Å²) in [6, 6.07) is 29.9. The van der Waals surface area contributed by atoms with Gasteiger partial charge in [-0.15, -0.1) is 35.3 Å². The number of nitrogens with zero attached hydrogens (tertiary/aromatic N) is 1. The van der Waals surface area contributed by atoms with Crippen molar-refractivity contribution in [3.05, 3.63) is 210 Å². The summed E-state index contributed by atoms with van der Waals surface area (Å²) < 4.78 is 212. The fourth-order valence-electron chi connectivity index (χ4n) is 12.8. The Morgan fingerprint density at radius 1 is 0.532 bits per heavy atom. The molecule has 1 N–H and O–H groups in total. The van der Waals surface area contributed by atoms with E-state index < -0.39 is 147 Å². The molecule has 7 aliphatic rings. The van der Waals surface area contributed by atoms with Crippen LogP contribution in [0.5, 0.6) is 0 Å². The molecule has 0 amide bonds. The minimum Gasteiger partial charge on any atom is -0.481 e. The molecule has 8 aromatic rings. The second kappa shape index (κ2) is 33.3. The molecule has 0 bridgehead atoms. The number of ketones is 2. The van der Waals surface area contributed by atoms with Gasteiger partial charge in [-0.3, -0.25) is 19.2 Å². The molecule has 0 radical (unpaired) electrons. The number of alkyl halides is 8. The summed E-state index contributed by atoms with van der Waals surface area (Å²) in [5.41, 5.74) is 3.16. The van der Waals surface area contributed by atoms with Crippen LogP contribution in [0, 0.1) is 11.7 Å². The van der Waals surface area contributed by atoms with Crippen LogP contribution < -0.4 is 0 Å². The summed E-state index contributed by atoms with van der Waals surface area (Å²) in [6.07, 6.45) is 0.308. The first-order valence-corrected chi connectivity index (χ1v) is 41.8. The van der Waals surface area contributed by atoms with Gasteiger partial charge in [0.2, 0.25) is 0 Å². The van der Waals surface area contributed by atoms with Crippen molar-refractivity contribution in [1.29, 1.82) is 0 Å². The number of carboxylic acid groups (broad SMARTS) is 1. The number of methoxy groups -OCH3 is 3. The Balaban J connectivity index is 0.000000144. The fraction of sp³-hybridized carbons (Fsp3) is 0.320. The summed E-state index contributed by atoms with van der Waals surface area (Å²) in [5, 5.41) is 10.0. The van der Waals surface area contributed by atoms with E-state index in [2.05, 4.69) is 30.1 Å². The lowest BCUT2D eigenvalue weighted by atomic mass is 9.93. The highest BCUT2D eigenvalue weighted by Crippen LogP contribution is 2.47. The number of ether oxygens (including phenoxy) is 3. The summed E-state index contributed by atoms with van der Waals surface area (Å²) in [4.78, 5) is 80.2. The number of thioether (sulfide) groups is 3. The highest BCUT2D eigenvalue weighted by atomic mass is 79.9. The molecule has 0 aliphatic carbocycles. The Bertz CT molecular complexity index is 5350. The number of hydrogen-bond acceptors (Lipinski definition) is 19. The lowest BCUT2D eigenvalue weighted by Crippen LogP contribution is -2.28. The quantitative estimate of drug-likeness (QED) is 0.0672. The van der Waals surface area contributed by atoms with Crippen molar-refractivity contribution in [2.75, 3.05) is 55.8 Å². The van der Waals surface area contributed by atoms with E-state index in [0.717, 1.165) is 74.0 Å². The maximum atomic E-state index is 14.5. The number of aliphatic carboxylic acids is 1. The third-order valence-corrected chi connectivity index (χ3v) is 27.5. The SMILES string of the molecule is COC(=O)c1ccc2c(c1)C(=O)CCS2.COC(=O)c1ccc2c(c1)C(F)(F)CCS2.COC(=O)c1ccc2c(c1)C(F)(F)CCS2(=O)=O.O=C(O)C1CCc2c(Cc3ccc4c(c3)C(F)(F)CCS4(=O)=O)c3cc(F)ccc3n2C1.O=C1CCSc2ccc(Br)cc21.O=Cc1ccc2c(c1)C(F)(F)CCS2(=O)=O. The lowest BCUT2D eigenvalue weighted by Gasteiger charge is -2.26. The van der Waals surface area contributed by atoms with Gasteiger partial charge in [-0.2, -0.15) is 0 Å². The molecule has 8 heterocycles. The number of rotatable bonds is 7. The molecule has 7 aromatic carbocycles. The molecule has 15 rings (SSSR count). The van der Waals surface area contributed by atoms with E-state index >= 15 is 0 Å². The van der Waals surface area contributed by atoms with Crippen molar-refractivity contribution in [2.24, 2.45) is 5.92 Å². The van der Waals surface area contributed by atoms with Crippen LogP contribution >= 0.6 is 51.2 Å². The molecular formula is C75H65BrF9NO17S6. The predicted octanol–water partition coefficient (Wildman–Crippen LogP) is 16.1. The minimum atomic E-state index is -3.75. The summed E-state index contributed by atoms with van der Waals surface area (Å²) in [7, 11) is -7.39. The van der Waals surface area contributed by atoms with Crippen molar-refractivity contribution in [2.45, 2.75) is 117 Å². The van der Waals surface area contributed by atoms with Gasteiger partial charge in [-0.25, -0.2) is 79.2 Å². The molecule has 7 aliphatic heterocycles. The van der Waals surface area contributed by atoms with Crippen LogP contribution in [0.1, 0.15) is 146 Å². The molecule has 1 unspecified atom stereocenters. The van der Waals surface area contributed by atoms with Crippen LogP contribution in [-0.2, 0) is 91.6 Å². The van der Waals surface area contributed by atoms with Gasteiger partial charge in [0.1, 0.15) is 12.1 Å². The number of hydrogen-bond donors (Lipinski definition) is 1. The van der Waals surface area contributed by atoms with Gasteiger partial charge in [0.15, 0.2) is 41.1 Å². The van der Waals surface area contributed by atoms with E-state index in [4.69, 9.17) is 0 Å². The van der Waals surface area contributed by atoms with Crippen LogP contribution in [0.3, 0.4) is 0 Å². The van der Waals surface area contributed by atoms with Crippen LogP contribution in [-0.4, -0.2) is 133 Å². The first kappa shape index (κ1) is 83.2. The van der Waals surface area contributed by atoms with Crippen molar-refractivity contribution in [3.63, 3.8) is 0 Å². The number of carbonyl (C=O) groups is 7. The number of halogens is 10. The van der Waals surface area contributed by atoms with Crippen molar-refractivity contribution in [1.82, 2.24) is 4.57 Å². The largest absolute Gasteiger partial charge is 0.481 e. The van der Waals surface area contributed by atoms with Crippen molar-refractivity contribution >= 4 is 133 Å². The van der Waals surface area contributed by atoms with E-state index in [1.54, 1.807) is 47.8 Å². The molecule has 0 fully saturated rings. The molecule has 109 heavy (non-hydrogen) atoms. The minimum absolute atomic E-state index is 0.0514. The van der Waals surface area contributed by atoms with Gasteiger partial charge in [0.25, 0.3) is 23.7 Å². The Hall–Kier alpha value is -8.28. The number of aldehydes is 1. The van der Waals surface area contributed by atoms with Gasteiger partial charge in [-0.05, 0) is 146 Å². The molecule has 34 heteroatoms. The molecule has 0 saturated carbocycles. The average Bonchev–Trinajstić information content (AvgIpc) is 1.64. The summed E-state index contributed by atoms with van der Waals surface area (Å²) >= 11 is 8.15. The Morgan fingerprint density at radius 2 is 0.982 bits per heavy atom. The number of sulfone groups is 3. The lowest BCUT2D eigenvalue weighted by molar-refractivity contribution is -0.142. The number of aromatic nitrogens is 1. The number of benzene rings is 7. The van der Waals surface area contributed by atoms with E-state index in [0.29, 0.717) is 70.2 Å². The zero-order valence-electron chi connectivity index (χ0n) is 57.7. The second-order valence-corrected chi connectivity index (χ2v) is 36.1. The monoisotopic (exact) mass is 1690 g/mol. The van der Waals surface area contributed by atoms with Gasteiger partial charge < -0.3 is 23.9 Å². The first-order valence-electron chi connectivity index (χ1n) is 33.1. The molecule has 0 spiro atoms. The normalized spacial score (nSPS) is 19.0. The average molecular weight is 1700 g/mol. The fourth-order valence-corrected chi connectivity index (χ4v) is 21.0. The molecule has 1 aromatic heterocycles. The van der Waals surface area contributed by atoms with E-state index in [-0.39, 0.29) is 63.0 Å². The third kappa shape index (κ3) is 18.7. The standard InChI is InChI=1S/C23H20F3NO4S.C11H10F2O4S.C11H10F2O2S.C11H10O3S.C10H8F2O3S.C9H7BrOS/c24-15-3-5-20-17(11-15)16(19-4-2-14(22(28)29)12-27(19)20)9-13-1-6-21-18(10-13)23(25,26)7-8-32(21,30)31;1-17-10(14)7-2-3-9-8(6-7)11(12,13)4-5-18(9,15)16;1-15-10(14)7-2-3-9-8(6-7)11(12,13)4-5-16-9;1-14-11(13)7-2-3-10-8(6-7)9(12)4-5-15-10;11-10(12)3-4-16(14,15)9-2-1-7(6-13)5-8(9)10;10-6-1-2-9-7(5-6)8(11)3-4-12-9/h1,3,5-6,10-11,14H,2,4,7-9,12H2,(H,28,29);2-3,6H,4-5H2,1H3;2-3,6H,4-5H2,1H3;2-3,6H,4-5H2,1H3;1-2,5-6H,3-4H2;1-2,5H,3-4H2. The van der Waals surface area contributed by atoms with Crippen LogP contribution in [0.4, 0.5) is 39.5 Å². The van der Waals surface area contributed by atoms with Crippen molar-refractivity contribution < 1.29 is 118 Å². The number of esters is 3. The molecule has 18 nitrogen and oxygen atoms in total. The number of carbonyl (C=O) groups excluding carboxylic acids is 6. The third-order valence-electron chi connectivity index (χ3n) is 18.5. The number of fused-ring (bicyclic) bond motifs is 9. The highest BCUT2D eigenvalue weighted by Gasteiger charge is 2.46. The predicted molar refractivity (Wildman–Crippen MR) is 390 cm³/mol. The van der Waals surface area contributed by atoms with E-state index in [1.165, 1.54) is 80.6 Å². The molecule has 0 saturated heterocycles.